The zero-order chi connectivity index (χ0) is 8.27. The fourth-order valence-corrected chi connectivity index (χ4v) is 1.25. The van der Waals surface area contributed by atoms with E-state index in [1.54, 1.807) is 7.05 Å². The van der Waals surface area contributed by atoms with Gasteiger partial charge in [-0.1, -0.05) is 0 Å². The van der Waals surface area contributed by atoms with Crippen molar-refractivity contribution in [1.29, 1.82) is 0 Å². The van der Waals surface area contributed by atoms with Gasteiger partial charge in [-0.05, 0) is 12.8 Å². The molecule has 62 valence electrons. The largest absolute Gasteiger partial charge is 0.380 e. The summed E-state index contributed by atoms with van der Waals surface area (Å²) in [4.78, 5) is 13.2. The van der Waals surface area contributed by atoms with Crippen molar-refractivity contribution in [2.24, 2.45) is 0 Å². The molecule has 1 heterocycles. The lowest BCUT2D eigenvalue weighted by molar-refractivity contribution is -0.117. The lowest BCUT2D eigenvalue weighted by Crippen LogP contribution is -2.26. The van der Waals surface area contributed by atoms with Crippen LogP contribution < -0.4 is 5.32 Å². The molecule has 1 amide bonds. The van der Waals surface area contributed by atoms with Crippen LogP contribution in [0.15, 0.2) is 11.8 Å². The van der Waals surface area contributed by atoms with Gasteiger partial charge in [0.2, 0.25) is 5.91 Å². The molecular formula is C8H14N2O. The summed E-state index contributed by atoms with van der Waals surface area (Å²) < 4.78 is 0. The average molecular weight is 154 g/mol. The smallest absolute Gasteiger partial charge is 0.248 e. The van der Waals surface area contributed by atoms with Crippen molar-refractivity contribution in [3.63, 3.8) is 0 Å². The van der Waals surface area contributed by atoms with Crippen molar-refractivity contribution >= 4 is 5.91 Å². The second-order valence-corrected chi connectivity index (χ2v) is 2.82. The van der Waals surface area contributed by atoms with Crippen LogP contribution in [0.5, 0.6) is 0 Å². The Labute approximate surface area is 67.1 Å². The third-order valence-corrected chi connectivity index (χ3v) is 1.85. The Bertz CT molecular complexity index is 187. The minimum atomic E-state index is 0.0524. The van der Waals surface area contributed by atoms with Gasteiger partial charge in [0.15, 0.2) is 0 Å². The highest BCUT2D eigenvalue weighted by Crippen LogP contribution is 2.12. The summed E-state index contributed by atoms with van der Waals surface area (Å²) in [5, 5.41) is 2.62. The normalized spacial score (nSPS) is 17.6. The van der Waals surface area contributed by atoms with Crippen LogP contribution in [0.2, 0.25) is 0 Å². The Hall–Kier alpha value is -0.990. The lowest BCUT2D eigenvalue weighted by atomic mass is 10.1. The number of nitrogens with zero attached hydrogens (tertiary/aromatic N) is 1. The third kappa shape index (κ3) is 1.97. The number of hydrogen-bond acceptors (Lipinski definition) is 2. The fourth-order valence-electron chi connectivity index (χ4n) is 1.25. The van der Waals surface area contributed by atoms with Gasteiger partial charge in [-0.15, -0.1) is 0 Å². The van der Waals surface area contributed by atoms with Crippen molar-refractivity contribution < 1.29 is 4.79 Å². The Balaban J connectivity index is 2.63. The fraction of sp³-hybridized carbons (Fsp3) is 0.625. The monoisotopic (exact) mass is 154 g/mol. The molecule has 0 spiro atoms. The lowest BCUT2D eigenvalue weighted by Gasteiger charge is -2.21. The molecule has 3 heteroatoms. The van der Waals surface area contributed by atoms with Crippen LogP contribution in [0.25, 0.3) is 0 Å². The molecule has 0 aromatic heterocycles. The molecule has 0 aromatic rings. The van der Waals surface area contributed by atoms with Crippen molar-refractivity contribution in [3.8, 4) is 0 Å². The Morgan fingerprint density at radius 2 is 2.45 bits per heavy atom. The van der Waals surface area contributed by atoms with E-state index in [1.807, 2.05) is 18.1 Å². The molecule has 0 bridgehead atoms. The highest BCUT2D eigenvalue weighted by molar-refractivity contribution is 5.93. The summed E-state index contributed by atoms with van der Waals surface area (Å²) >= 11 is 0. The minimum Gasteiger partial charge on any atom is -0.380 e. The molecule has 0 fully saturated rings. The van der Waals surface area contributed by atoms with Crippen LogP contribution in [0.4, 0.5) is 0 Å². The third-order valence-electron chi connectivity index (χ3n) is 1.85. The number of likely N-dealkylation sites (N-methyl/N-ethyl adjacent to an activating group) is 1. The molecule has 0 unspecified atom stereocenters. The van der Waals surface area contributed by atoms with E-state index in [9.17, 15) is 4.79 Å². The molecule has 0 saturated heterocycles. The summed E-state index contributed by atoms with van der Waals surface area (Å²) in [7, 11) is 3.65. The Morgan fingerprint density at radius 1 is 1.73 bits per heavy atom. The van der Waals surface area contributed by atoms with Crippen molar-refractivity contribution in [1.82, 2.24) is 10.2 Å². The van der Waals surface area contributed by atoms with Crippen molar-refractivity contribution in [3.05, 3.63) is 11.8 Å². The topological polar surface area (TPSA) is 32.3 Å². The first-order valence-corrected chi connectivity index (χ1v) is 3.87. The molecular weight excluding hydrogens is 140 g/mol. The first kappa shape index (κ1) is 8.11. The molecule has 1 aliphatic rings. The number of rotatable bonds is 1. The van der Waals surface area contributed by atoms with Gasteiger partial charge in [-0.3, -0.25) is 4.79 Å². The molecule has 0 aliphatic carbocycles. The first-order chi connectivity index (χ1) is 5.24. The maximum Gasteiger partial charge on any atom is 0.248 e. The number of hydrogen-bond donors (Lipinski definition) is 1. The summed E-state index contributed by atoms with van der Waals surface area (Å²) in [6, 6.07) is 0. The maximum absolute atomic E-state index is 11.1. The van der Waals surface area contributed by atoms with Gasteiger partial charge in [0.1, 0.15) is 0 Å². The average Bonchev–Trinajstić information content (AvgIpc) is 2.03. The molecule has 1 N–H and O–H groups in total. The van der Waals surface area contributed by atoms with E-state index in [0.29, 0.717) is 0 Å². The predicted molar refractivity (Wildman–Crippen MR) is 44.0 cm³/mol. The van der Waals surface area contributed by atoms with E-state index in [1.165, 1.54) is 0 Å². The van der Waals surface area contributed by atoms with Gasteiger partial charge in [-0.2, -0.15) is 0 Å². The van der Waals surface area contributed by atoms with Gasteiger partial charge in [0.05, 0.1) is 0 Å². The van der Waals surface area contributed by atoms with E-state index < -0.39 is 0 Å². The number of amides is 1. The zero-order valence-electron chi connectivity index (χ0n) is 7.05. The minimum absolute atomic E-state index is 0.0524. The van der Waals surface area contributed by atoms with Crippen molar-refractivity contribution in [2.45, 2.75) is 12.8 Å². The number of carbonyl (C=O) groups is 1. The quantitative estimate of drug-likeness (QED) is 0.590. The summed E-state index contributed by atoms with van der Waals surface area (Å²) in [6.07, 6.45) is 3.90. The van der Waals surface area contributed by atoms with Crippen LogP contribution >= 0.6 is 0 Å². The van der Waals surface area contributed by atoms with Gasteiger partial charge in [-0.25, -0.2) is 0 Å². The zero-order valence-corrected chi connectivity index (χ0v) is 7.05. The van der Waals surface area contributed by atoms with E-state index >= 15 is 0 Å². The predicted octanol–water partition coefficient (Wildman–Crippen LogP) is 0.342. The van der Waals surface area contributed by atoms with Gasteiger partial charge < -0.3 is 10.2 Å². The summed E-state index contributed by atoms with van der Waals surface area (Å²) in [5.41, 5.74) is 0.890. The van der Waals surface area contributed by atoms with E-state index in [2.05, 4.69) is 5.32 Å². The molecule has 0 atom stereocenters. The van der Waals surface area contributed by atoms with Gasteiger partial charge in [0.25, 0.3) is 0 Å². The Morgan fingerprint density at radius 3 is 3.00 bits per heavy atom. The highest BCUT2D eigenvalue weighted by Gasteiger charge is 2.12. The van der Waals surface area contributed by atoms with Crippen LogP contribution in [0.1, 0.15) is 12.8 Å². The van der Waals surface area contributed by atoms with E-state index in [0.717, 1.165) is 25.0 Å². The number of carbonyl (C=O) groups excluding carboxylic acids is 1. The molecule has 0 aromatic carbocycles. The van der Waals surface area contributed by atoms with Crippen LogP contribution in [-0.2, 0) is 4.79 Å². The first-order valence-electron chi connectivity index (χ1n) is 3.87. The van der Waals surface area contributed by atoms with Crippen LogP contribution in [0, 0.1) is 0 Å². The highest BCUT2D eigenvalue weighted by atomic mass is 16.1. The second kappa shape index (κ2) is 3.42. The maximum atomic E-state index is 11.1. The molecule has 3 nitrogen and oxygen atoms in total. The number of nitrogens with one attached hydrogen (secondary N) is 1. The standard InChI is InChI=1S/C8H14N2O/c1-9-8(11)7-4-3-5-10(2)6-7/h6H,3-5H2,1-2H3,(H,9,11). The van der Waals surface area contributed by atoms with Crippen molar-refractivity contribution in [2.75, 3.05) is 20.6 Å². The van der Waals surface area contributed by atoms with Crippen LogP contribution in [-0.4, -0.2) is 31.4 Å². The summed E-state index contributed by atoms with van der Waals surface area (Å²) in [6.45, 7) is 1.06. The van der Waals surface area contributed by atoms with Gasteiger partial charge >= 0.3 is 0 Å². The summed E-state index contributed by atoms with van der Waals surface area (Å²) in [5.74, 6) is 0.0524. The van der Waals surface area contributed by atoms with Crippen LogP contribution in [0.3, 0.4) is 0 Å². The molecule has 1 rings (SSSR count). The Kier molecular flexibility index (Phi) is 2.52. The second-order valence-electron chi connectivity index (χ2n) is 2.82. The molecule has 1 aliphatic heterocycles. The van der Waals surface area contributed by atoms with Gasteiger partial charge in [0, 0.05) is 32.4 Å². The van der Waals surface area contributed by atoms with E-state index in [4.69, 9.17) is 0 Å². The molecule has 0 radical (unpaired) electrons. The molecule has 11 heavy (non-hydrogen) atoms. The van der Waals surface area contributed by atoms with E-state index in [-0.39, 0.29) is 5.91 Å². The molecule has 0 saturated carbocycles. The SMILES string of the molecule is CNC(=O)C1=CN(C)CCC1.